The smallest absolute Gasteiger partial charge is 0.297 e. The maximum absolute atomic E-state index is 12.0. The average Bonchev–Trinajstić information content (AvgIpc) is 3.05. The van der Waals surface area contributed by atoms with E-state index >= 15 is 0 Å². The van der Waals surface area contributed by atoms with Crippen LogP contribution in [0.5, 0.6) is 0 Å². The molecule has 0 bridgehead atoms. The summed E-state index contributed by atoms with van der Waals surface area (Å²) >= 11 is 0. The lowest BCUT2D eigenvalue weighted by molar-refractivity contribution is -0.142. The van der Waals surface area contributed by atoms with Gasteiger partial charge in [0.15, 0.2) is 0 Å². The van der Waals surface area contributed by atoms with Gasteiger partial charge in [-0.2, -0.15) is 0 Å². The average molecular weight is 413 g/mol. The molecule has 30 heavy (non-hydrogen) atoms. The Balaban J connectivity index is 1.56. The van der Waals surface area contributed by atoms with E-state index < -0.39 is 0 Å². The second-order valence-electron chi connectivity index (χ2n) is 11.3. The lowest BCUT2D eigenvalue weighted by Gasteiger charge is -2.62. The van der Waals surface area contributed by atoms with Crippen molar-refractivity contribution in [3.8, 4) is 12.3 Å². The number of nitrogens with zero attached hydrogens (tertiary/aromatic N) is 1. The van der Waals surface area contributed by atoms with Crippen LogP contribution in [0.4, 0.5) is 0 Å². The van der Waals surface area contributed by atoms with Crippen LogP contribution in [0.1, 0.15) is 85.0 Å². The molecule has 166 valence electrons. The fourth-order valence-corrected chi connectivity index (χ4v) is 8.75. The van der Waals surface area contributed by atoms with Crippen molar-refractivity contribution in [2.45, 2.75) is 91.0 Å². The normalized spacial score (nSPS) is 44.8. The van der Waals surface area contributed by atoms with Crippen molar-refractivity contribution in [3.63, 3.8) is 0 Å². The van der Waals surface area contributed by atoms with Gasteiger partial charge in [0.2, 0.25) is 5.91 Å². The quantitative estimate of drug-likeness (QED) is 0.697. The molecular weight excluding hydrogens is 372 g/mol. The standard InChI is InChI=1S/C26H40N2O2/c1-6-23(30)28(5)17-16-24(3)13-10-20-18-8-9-21-25(4,14-12-22(29)27-21)19(18)11-15-26(20,24)7-2/h1,18-21H,7-17H2,2-5H3,(H,27,29)/t18?,19?,20?,21?,24-,25-,26+/m1/s1. The monoisotopic (exact) mass is 412 g/mol. The molecule has 7 atom stereocenters. The number of fused-ring (bicyclic) bond motifs is 5. The zero-order valence-electron chi connectivity index (χ0n) is 19.4. The van der Waals surface area contributed by atoms with Gasteiger partial charge in [0, 0.05) is 26.1 Å². The van der Waals surface area contributed by atoms with Crippen molar-refractivity contribution in [1.82, 2.24) is 10.2 Å². The van der Waals surface area contributed by atoms with E-state index in [0.29, 0.717) is 17.9 Å². The fraction of sp³-hybridized carbons (Fsp3) is 0.846. The van der Waals surface area contributed by atoms with Crippen molar-refractivity contribution in [1.29, 1.82) is 0 Å². The molecule has 2 amide bonds. The van der Waals surface area contributed by atoms with Crippen molar-refractivity contribution < 1.29 is 9.59 Å². The van der Waals surface area contributed by atoms with Crippen molar-refractivity contribution in [2.24, 2.45) is 34.0 Å². The van der Waals surface area contributed by atoms with Gasteiger partial charge in [-0.05, 0) is 97.7 Å². The molecule has 4 heteroatoms. The van der Waals surface area contributed by atoms with Crippen molar-refractivity contribution in [3.05, 3.63) is 0 Å². The van der Waals surface area contributed by atoms with E-state index in [1.54, 1.807) is 4.90 Å². The van der Waals surface area contributed by atoms with Gasteiger partial charge in [-0.3, -0.25) is 9.59 Å². The minimum Gasteiger partial charge on any atom is -0.353 e. The molecule has 4 fully saturated rings. The summed E-state index contributed by atoms with van der Waals surface area (Å²) in [6.45, 7) is 8.13. The minimum absolute atomic E-state index is 0.201. The Hall–Kier alpha value is -1.50. The summed E-state index contributed by atoms with van der Waals surface area (Å²) in [6, 6.07) is 0.380. The van der Waals surface area contributed by atoms with Crippen LogP contribution in [-0.4, -0.2) is 36.3 Å². The Morgan fingerprint density at radius 2 is 1.90 bits per heavy atom. The summed E-state index contributed by atoms with van der Waals surface area (Å²) < 4.78 is 0. The number of carbonyl (C=O) groups is 2. The van der Waals surface area contributed by atoms with Gasteiger partial charge in [-0.1, -0.05) is 20.8 Å². The van der Waals surface area contributed by atoms with Crippen LogP contribution in [0, 0.1) is 46.3 Å². The first kappa shape index (κ1) is 21.7. The maximum Gasteiger partial charge on any atom is 0.297 e. The lowest BCUT2D eigenvalue weighted by atomic mass is 9.44. The Kier molecular flexibility index (Phi) is 5.48. The topological polar surface area (TPSA) is 49.4 Å². The molecule has 0 spiro atoms. The predicted molar refractivity (Wildman–Crippen MR) is 119 cm³/mol. The van der Waals surface area contributed by atoms with Crippen molar-refractivity contribution >= 4 is 11.8 Å². The van der Waals surface area contributed by atoms with E-state index in [-0.39, 0.29) is 22.6 Å². The number of rotatable bonds is 4. The fourth-order valence-electron chi connectivity index (χ4n) is 8.75. The Labute approximate surface area is 182 Å². The molecule has 0 aromatic carbocycles. The Bertz CT molecular complexity index is 757. The van der Waals surface area contributed by atoms with Gasteiger partial charge in [0.05, 0.1) is 0 Å². The molecule has 4 aliphatic rings. The second kappa shape index (κ2) is 7.57. The van der Waals surface area contributed by atoms with E-state index in [0.717, 1.165) is 43.6 Å². The highest BCUT2D eigenvalue weighted by Crippen LogP contribution is 2.71. The highest BCUT2D eigenvalue weighted by molar-refractivity contribution is 5.92. The molecule has 4 rings (SSSR count). The summed E-state index contributed by atoms with van der Waals surface area (Å²) in [5.74, 6) is 4.64. The summed E-state index contributed by atoms with van der Waals surface area (Å²) in [4.78, 5) is 25.7. The van der Waals surface area contributed by atoms with Crippen molar-refractivity contribution in [2.75, 3.05) is 13.6 Å². The molecule has 0 aromatic heterocycles. The molecule has 0 aromatic rings. The van der Waals surface area contributed by atoms with Crippen LogP contribution in [0.15, 0.2) is 0 Å². The van der Waals surface area contributed by atoms with Gasteiger partial charge in [-0.25, -0.2) is 0 Å². The summed E-state index contributed by atoms with van der Waals surface area (Å²) in [5, 5.41) is 3.35. The van der Waals surface area contributed by atoms with Gasteiger partial charge in [-0.15, -0.1) is 6.42 Å². The highest BCUT2D eigenvalue weighted by Gasteiger charge is 2.64. The molecule has 1 N–H and O–H groups in total. The third-order valence-corrected chi connectivity index (χ3v) is 10.6. The number of nitrogens with one attached hydrogen (secondary N) is 1. The summed E-state index contributed by atoms with van der Waals surface area (Å²) in [6.07, 6.45) is 17.0. The van der Waals surface area contributed by atoms with Crippen LogP contribution < -0.4 is 5.32 Å². The summed E-state index contributed by atoms with van der Waals surface area (Å²) in [5.41, 5.74) is 0.934. The molecule has 3 aliphatic carbocycles. The number of hydrogen-bond acceptors (Lipinski definition) is 2. The molecule has 3 saturated carbocycles. The maximum atomic E-state index is 12.0. The van der Waals surface area contributed by atoms with E-state index in [4.69, 9.17) is 6.42 Å². The number of hydrogen-bond donors (Lipinski definition) is 1. The molecule has 0 radical (unpaired) electrons. The summed E-state index contributed by atoms with van der Waals surface area (Å²) in [7, 11) is 1.84. The van der Waals surface area contributed by atoms with E-state index in [2.05, 4.69) is 32.0 Å². The first-order chi connectivity index (χ1) is 14.2. The first-order valence-electron chi connectivity index (χ1n) is 12.2. The minimum atomic E-state index is -0.201. The van der Waals surface area contributed by atoms with Crippen LogP contribution in [0.2, 0.25) is 0 Å². The number of carbonyl (C=O) groups excluding carboxylic acids is 2. The zero-order valence-corrected chi connectivity index (χ0v) is 19.4. The van der Waals surface area contributed by atoms with E-state index in [1.165, 1.54) is 38.5 Å². The van der Waals surface area contributed by atoms with Crippen LogP contribution in [0.25, 0.3) is 0 Å². The largest absolute Gasteiger partial charge is 0.353 e. The number of amides is 2. The van der Waals surface area contributed by atoms with Crippen LogP contribution in [0.3, 0.4) is 0 Å². The van der Waals surface area contributed by atoms with Crippen LogP contribution >= 0.6 is 0 Å². The van der Waals surface area contributed by atoms with Crippen LogP contribution in [-0.2, 0) is 9.59 Å². The van der Waals surface area contributed by atoms with Gasteiger partial charge < -0.3 is 10.2 Å². The van der Waals surface area contributed by atoms with E-state index in [9.17, 15) is 9.59 Å². The first-order valence-corrected chi connectivity index (χ1v) is 12.2. The van der Waals surface area contributed by atoms with Gasteiger partial charge >= 0.3 is 0 Å². The zero-order chi connectivity index (χ0) is 21.7. The molecule has 1 saturated heterocycles. The third kappa shape index (κ3) is 3.02. The van der Waals surface area contributed by atoms with Gasteiger partial charge in [0.1, 0.15) is 0 Å². The molecule has 4 unspecified atom stereocenters. The SMILES string of the molecule is C#CC(=O)N(C)CC[C@@]1(C)CCC2C3CCC4NC(=O)CC[C@]4(C)C3CC[C@@]21CC. The van der Waals surface area contributed by atoms with E-state index in [1.807, 2.05) is 7.05 Å². The molecule has 1 heterocycles. The Morgan fingerprint density at radius 3 is 2.60 bits per heavy atom. The Morgan fingerprint density at radius 1 is 1.17 bits per heavy atom. The highest BCUT2D eigenvalue weighted by atomic mass is 16.2. The number of terminal acetylenes is 1. The third-order valence-electron chi connectivity index (χ3n) is 10.6. The predicted octanol–water partition coefficient (Wildman–Crippen LogP) is 4.39. The molecular formula is C26H40N2O2. The van der Waals surface area contributed by atoms with Gasteiger partial charge in [0.25, 0.3) is 5.91 Å². The lowest BCUT2D eigenvalue weighted by Crippen LogP contribution is -2.61. The molecule has 1 aliphatic heterocycles. The number of piperidine rings is 1. The second-order valence-corrected chi connectivity index (χ2v) is 11.3. The molecule has 4 nitrogen and oxygen atoms in total.